The van der Waals surface area contributed by atoms with Crippen LogP contribution in [-0.2, 0) is 4.79 Å². The summed E-state index contributed by atoms with van der Waals surface area (Å²) in [6.45, 7) is 15.1. The molecule has 0 spiro atoms. The second kappa shape index (κ2) is 8.62. The Morgan fingerprint density at radius 2 is 1.69 bits per heavy atom. The van der Waals surface area contributed by atoms with Crippen molar-refractivity contribution in [2.75, 3.05) is 0 Å². The first-order valence-corrected chi connectivity index (χ1v) is 14.3. The van der Waals surface area contributed by atoms with Crippen molar-refractivity contribution in [2.45, 2.75) is 124 Å². The normalized spacial score (nSPS) is 52.3. The summed E-state index contributed by atoms with van der Waals surface area (Å²) in [6, 6.07) is 0. The molecule has 0 amide bonds. The first-order valence-electron chi connectivity index (χ1n) is 14.3. The summed E-state index contributed by atoms with van der Waals surface area (Å²) >= 11 is 0. The lowest BCUT2D eigenvalue weighted by molar-refractivity contribution is -0.211. The third-order valence-corrected chi connectivity index (χ3v) is 12.4. The number of carboxylic acid groups (broad SMARTS) is 1. The van der Waals surface area contributed by atoms with E-state index in [1.165, 1.54) is 5.57 Å². The zero-order chi connectivity index (χ0) is 26.2. The summed E-state index contributed by atoms with van der Waals surface area (Å²) in [5.41, 5.74) is 0.0178. The highest BCUT2D eigenvalue weighted by molar-refractivity contribution is 6.16. The smallest absolute Gasteiger partial charge is 0.310 e. The average Bonchev–Trinajstić information content (AvgIpc) is 2.81. The molecule has 0 aliphatic heterocycles. The molecule has 0 heterocycles. The maximum Gasteiger partial charge on any atom is 0.310 e. The van der Waals surface area contributed by atoms with E-state index < -0.39 is 34.3 Å². The largest absolute Gasteiger partial charge is 0.481 e. The lowest BCUT2D eigenvalue weighted by Gasteiger charge is -2.73. The summed E-state index contributed by atoms with van der Waals surface area (Å²) in [5.74, 6) is 0.668. The standard InChI is InChI=1S/C28H43BO4.C2H6/c1-16-7-6-11-27(23(32)33)12-10-18-17(21(16)27)8-9-20-25(18,4)13-14-28(29)24(2,3)22(31)19(30)15-26(20,28)5;1-2/h8,16,18-22,30-31H,6-7,9-15H2,1-5H3,(H,32,33);1-2H3/t16?,18?,19-,20?,21?,22-,25?,26?,27?,28?;/m1./s1. The van der Waals surface area contributed by atoms with Crippen molar-refractivity contribution in [3.8, 4) is 0 Å². The topological polar surface area (TPSA) is 77.8 Å². The summed E-state index contributed by atoms with van der Waals surface area (Å²) in [6.07, 6.45) is 8.76. The molecule has 5 aliphatic carbocycles. The molecular weight excluding hydrogens is 435 g/mol. The highest BCUT2D eigenvalue weighted by Crippen LogP contribution is 2.77. The van der Waals surface area contributed by atoms with Gasteiger partial charge in [-0.05, 0) is 78.4 Å². The SMILES string of the molecule is CC.[B]C12CCC3(C)C4CCC5(C(=O)O)CCCC(C)C5C4=CCC3C1(C)C[C@@H](O)[C@@H](O)C2(C)C. The van der Waals surface area contributed by atoms with Crippen molar-refractivity contribution in [2.24, 2.45) is 45.3 Å². The summed E-state index contributed by atoms with van der Waals surface area (Å²) in [5, 5.41) is 31.7. The van der Waals surface area contributed by atoms with Crippen LogP contribution in [-0.4, -0.2) is 41.3 Å². The monoisotopic (exact) mass is 484 g/mol. The molecule has 35 heavy (non-hydrogen) atoms. The van der Waals surface area contributed by atoms with E-state index in [2.05, 4.69) is 26.8 Å². The zero-order valence-electron chi connectivity index (χ0n) is 23.2. The van der Waals surface area contributed by atoms with Crippen molar-refractivity contribution >= 4 is 13.8 Å². The molecular formula is C30H49BO4. The molecule has 0 aromatic rings. The number of aliphatic carboxylic acids is 1. The third-order valence-electron chi connectivity index (χ3n) is 12.4. The fourth-order valence-corrected chi connectivity index (χ4v) is 10.5. The van der Waals surface area contributed by atoms with Crippen LogP contribution in [0.5, 0.6) is 0 Å². The maximum atomic E-state index is 12.6. The van der Waals surface area contributed by atoms with Gasteiger partial charge in [-0.15, -0.1) is 0 Å². The molecule has 5 aliphatic rings. The number of aliphatic hydroxyl groups excluding tert-OH is 2. The average molecular weight is 485 g/mol. The van der Waals surface area contributed by atoms with Gasteiger partial charge in [-0.25, -0.2) is 0 Å². The van der Waals surface area contributed by atoms with E-state index in [1.54, 1.807) is 0 Å². The number of hydrogen-bond acceptors (Lipinski definition) is 3. The van der Waals surface area contributed by atoms with Gasteiger partial charge in [0.1, 0.15) is 0 Å². The van der Waals surface area contributed by atoms with Crippen LogP contribution in [0.4, 0.5) is 0 Å². The lowest BCUT2D eigenvalue weighted by atomic mass is 9.27. The fourth-order valence-electron chi connectivity index (χ4n) is 10.5. The van der Waals surface area contributed by atoms with E-state index in [4.69, 9.17) is 7.85 Å². The van der Waals surface area contributed by atoms with Crippen LogP contribution < -0.4 is 0 Å². The third kappa shape index (κ3) is 3.28. The van der Waals surface area contributed by atoms with E-state index in [1.807, 2.05) is 27.7 Å². The van der Waals surface area contributed by atoms with E-state index in [0.717, 1.165) is 51.4 Å². The van der Waals surface area contributed by atoms with Crippen LogP contribution >= 0.6 is 0 Å². The highest BCUT2D eigenvalue weighted by Gasteiger charge is 2.70. The van der Waals surface area contributed by atoms with Crippen LogP contribution in [0.15, 0.2) is 11.6 Å². The lowest BCUT2D eigenvalue weighted by Crippen LogP contribution is -2.67. The molecule has 5 rings (SSSR count). The minimum absolute atomic E-state index is 0.0433. The molecule has 5 heteroatoms. The number of hydrogen-bond donors (Lipinski definition) is 3. The Morgan fingerprint density at radius 1 is 1.03 bits per heavy atom. The minimum atomic E-state index is -0.816. The van der Waals surface area contributed by atoms with Crippen LogP contribution in [0.25, 0.3) is 0 Å². The maximum absolute atomic E-state index is 12.6. The van der Waals surface area contributed by atoms with Gasteiger partial charge in [0, 0.05) is 0 Å². The summed E-state index contributed by atoms with van der Waals surface area (Å²) < 4.78 is 0. The molecule has 2 radical (unpaired) electrons. The van der Waals surface area contributed by atoms with Crippen LogP contribution in [0.2, 0.25) is 5.31 Å². The van der Waals surface area contributed by atoms with Crippen LogP contribution in [0, 0.1) is 45.3 Å². The molecule has 0 aromatic carbocycles. The molecule has 8 unspecified atom stereocenters. The Kier molecular flexibility index (Phi) is 6.70. The van der Waals surface area contributed by atoms with Gasteiger partial charge < -0.3 is 15.3 Å². The summed E-state index contributed by atoms with van der Waals surface area (Å²) in [7, 11) is 7.28. The zero-order valence-corrected chi connectivity index (χ0v) is 23.2. The van der Waals surface area contributed by atoms with Crippen molar-refractivity contribution in [3.63, 3.8) is 0 Å². The van der Waals surface area contributed by atoms with Gasteiger partial charge in [-0.1, -0.05) is 84.7 Å². The van der Waals surface area contributed by atoms with E-state index in [9.17, 15) is 20.1 Å². The first-order chi connectivity index (χ1) is 16.3. The Balaban J connectivity index is 0.00000141. The van der Waals surface area contributed by atoms with E-state index >= 15 is 0 Å². The van der Waals surface area contributed by atoms with Gasteiger partial charge in [-0.3, -0.25) is 4.79 Å². The van der Waals surface area contributed by atoms with Gasteiger partial charge in [-0.2, -0.15) is 0 Å². The number of carboxylic acids is 1. The summed E-state index contributed by atoms with van der Waals surface area (Å²) in [4.78, 5) is 12.6. The number of allylic oxidation sites excluding steroid dienone is 2. The van der Waals surface area contributed by atoms with Gasteiger partial charge in [0.25, 0.3) is 0 Å². The number of carbonyl (C=O) groups is 1. The Morgan fingerprint density at radius 3 is 2.31 bits per heavy atom. The quantitative estimate of drug-likeness (QED) is 0.308. The molecule has 0 aromatic heterocycles. The Bertz CT molecular complexity index is 884. The van der Waals surface area contributed by atoms with Gasteiger partial charge in [0.15, 0.2) is 0 Å². The van der Waals surface area contributed by atoms with Crippen molar-refractivity contribution in [3.05, 3.63) is 11.6 Å². The van der Waals surface area contributed by atoms with E-state index in [0.29, 0.717) is 24.2 Å². The molecule has 4 nitrogen and oxygen atoms in total. The van der Waals surface area contributed by atoms with Gasteiger partial charge >= 0.3 is 5.97 Å². The number of rotatable bonds is 1. The molecule has 196 valence electrons. The number of aliphatic hydroxyl groups is 2. The predicted molar refractivity (Wildman–Crippen MR) is 141 cm³/mol. The van der Waals surface area contributed by atoms with Crippen LogP contribution in [0.1, 0.15) is 106 Å². The molecule has 0 bridgehead atoms. The second-order valence-electron chi connectivity index (χ2n) is 13.7. The Labute approximate surface area is 214 Å². The van der Waals surface area contributed by atoms with Crippen LogP contribution in [0.3, 0.4) is 0 Å². The molecule has 0 saturated heterocycles. The predicted octanol–water partition coefficient (Wildman–Crippen LogP) is 6.16. The Hall–Kier alpha value is -0.805. The van der Waals surface area contributed by atoms with Crippen molar-refractivity contribution < 1.29 is 20.1 Å². The molecule has 4 saturated carbocycles. The molecule has 4 fully saturated rings. The van der Waals surface area contributed by atoms with E-state index in [-0.39, 0.29) is 16.7 Å². The second-order valence-corrected chi connectivity index (χ2v) is 13.7. The minimum Gasteiger partial charge on any atom is -0.481 e. The highest BCUT2D eigenvalue weighted by atomic mass is 16.4. The van der Waals surface area contributed by atoms with Gasteiger partial charge in [0.2, 0.25) is 0 Å². The fraction of sp³-hybridized carbons (Fsp3) is 0.900. The first kappa shape index (κ1) is 27.2. The molecule has 10 atom stereocenters. The molecule has 3 N–H and O–H groups in total. The van der Waals surface area contributed by atoms with Gasteiger partial charge in [0.05, 0.1) is 25.5 Å². The van der Waals surface area contributed by atoms with Crippen molar-refractivity contribution in [1.82, 2.24) is 0 Å². The van der Waals surface area contributed by atoms with Crippen molar-refractivity contribution in [1.29, 1.82) is 0 Å². The number of fused-ring (bicyclic) bond motifs is 7.